The van der Waals surface area contributed by atoms with Crippen LogP contribution in [0.3, 0.4) is 0 Å². The number of hydrogen-bond donors (Lipinski definition) is 0. The summed E-state index contributed by atoms with van der Waals surface area (Å²) in [7, 11) is 0. The number of likely N-dealkylation sites (tertiary alicyclic amines) is 2. The quantitative estimate of drug-likeness (QED) is 0.785. The summed E-state index contributed by atoms with van der Waals surface area (Å²) in [6.45, 7) is 6.97. The van der Waals surface area contributed by atoms with Crippen molar-refractivity contribution < 1.29 is 4.79 Å². The van der Waals surface area contributed by atoms with Crippen molar-refractivity contribution in [2.45, 2.75) is 39.2 Å². The maximum Gasteiger partial charge on any atom is 0.225 e. The van der Waals surface area contributed by atoms with Gasteiger partial charge in [-0.25, -0.2) is 0 Å². The molecular weight excluding hydrogens is 343 g/mol. The van der Waals surface area contributed by atoms with Crippen molar-refractivity contribution in [2.24, 2.45) is 11.8 Å². The number of halogens is 2. The summed E-state index contributed by atoms with van der Waals surface area (Å²) in [5.74, 6) is 1.24. The lowest BCUT2D eigenvalue weighted by Crippen LogP contribution is -2.45. The summed E-state index contributed by atoms with van der Waals surface area (Å²) < 4.78 is 0. The van der Waals surface area contributed by atoms with Crippen LogP contribution in [0.15, 0.2) is 18.2 Å². The highest BCUT2D eigenvalue weighted by Crippen LogP contribution is 2.26. The Labute approximate surface area is 154 Å². The van der Waals surface area contributed by atoms with Gasteiger partial charge in [-0.05, 0) is 62.4 Å². The first kappa shape index (κ1) is 18.0. The maximum absolute atomic E-state index is 12.7. The number of carbonyl (C=O) groups excluding carboxylic acids is 1. The topological polar surface area (TPSA) is 23.6 Å². The van der Waals surface area contributed by atoms with Crippen LogP contribution >= 0.6 is 23.2 Å². The molecule has 1 amide bonds. The van der Waals surface area contributed by atoms with E-state index in [0.717, 1.165) is 52.0 Å². The van der Waals surface area contributed by atoms with Gasteiger partial charge in [-0.1, -0.05) is 36.2 Å². The molecule has 0 aromatic heterocycles. The average molecular weight is 369 g/mol. The van der Waals surface area contributed by atoms with Crippen molar-refractivity contribution in [2.75, 3.05) is 26.2 Å². The van der Waals surface area contributed by atoms with E-state index in [4.69, 9.17) is 23.2 Å². The molecule has 2 aliphatic heterocycles. The molecule has 0 aliphatic carbocycles. The van der Waals surface area contributed by atoms with Crippen molar-refractivity contribution in [3.63, 3.8) is 0 Å². The largest absolute Gasteiger partial charge is 0.342 e. The summed E-state index contributed by atoms with van der Waals surface area (Å²) >= 11 is 12.1. The lowest BCUT2D eigenvalue weighted by molar-refractivity contribution is -0.138. The highest BCUT2D eigenvalue weighted by molar-refractivity contribution is 6.42. The molecule has 132 valence electrons. The van der Waals surface area contributed by atoms with Gasteiger partial charge in [-0.3, -0.25) is 9.69 Å². The fourth-order valence-corrected chi connectivity index (χ4v) is 4.20. The third kappa shape index (κ3) is 4.44. The van der Waals surface area contributed by atoms with Gasteiger partial charge in [-0.2, -0.15) is 0 Å². The fourth-order valence-electron chi connectivity index (χ4n) is 3.88. The second-order valence-electron chi connectivity index (χ2n) is 7.33. The van der Waals surface area contributed by atoms with Crippen LogP contribution in [-0.4, -0.2) is 41.9 Å². The smallest absolute Gasteiger partial charge is 0.225 e. The Kier molecular flexibility index (Phi) is 6.07. The molecule has 0 unspecified atom stereocenters. The van der Waals surface area contributed by atoms with Gasteiger partial charge in [0.2, 0.25) is 5.91 Å². The molecule has 2 heterocycles. The zero-order valence-electron chi connectivity index (χ0n) is 14.3. The van der Waals surface area contributed by atoms with Gasteiger partial charge >= 0.3 is 0 Å². The minimum absolute atomic E-state index is 0.209. The monoisotopic (exact) mass is 368 g/mol. The standard InChI is InChI=1S/C19H26Cl2N2O/c1-14-3-2-8-23(12-14)19(24)16-6-9-22(10-7-16)13-15-4-5-17(20)18(21)11-15/h4-5,11,14,16H,2-3,6-10,12-13H2,1H3/t14-/m0/s1. The van der Waals surface area contributed by atoms with Crippen LogP contribution in [0.25, 0.3) is 0 Å². The summed E-state index contributed by atoms with van der Waals surface area (Å²) in [4.78, 5) is 17.2. The first-order chi connectivity index (χ1) is 11.5. The van der Waals surface area contributed by atoms with Crippen LogP contribution in [0.4, 0.5) is 0 Å². The van der Waals surface area contributed by atoms with Crippen molar-refractivity contribution in [1.82, 2.24) is 9.80 Å². The fraction of sp³-hybridized carbons (Fsp3) is 0.632. The van der Waals surface area contributed by atoms with Crippen molar-refractivity contribution in [3.8, 4) is 0 Å². The molecule has 2 saturated heterocycles. The Hall–Kier alpha value is -0.770. The molecule has 0 radical (unpaired) electrons. The number of nitrogens with zero attached hydrogens (tertiary/aromatic N) is 2. The first-order valence-electron chi connectivity index (χ1n) is 8.98. The lowest BCUT2D eigenvalue weighted by Gasteiger charge is -2.37. The van der Waals surface area contributed by atoms with E-state index in [2.05, 4.69) is 16.7 Å². The van der Waals surface area contributed by atoms with E-state index in [0.29, 0.717) is 21.9 Å². The van der Waals surface area contributed by atoms with Crippen molar-refractivity contribution >= 4 is 29.1 Å². The average Bonchev–Trinajstić information content (AvgIpc) is 2.58. The first-order valence-corrected chi connectivity index (χ1v) is 9.73. The molecule has 2 fully saturated rings. The molecule has 1 atom stereocenters. The van der Waals surface area contributed by atoms with Gasteiger partial charge in [0.15, 0.2) is 0 Å². The molecule has 3 nitrogen and oxygen atoms in total. The highest BCUT2D eigenvalue weighted by Gasteiger charge is 2.30. The van der Waals surface area contributed by atoms with Gasteiger partial charge in [-0.15, -0.1) is 0 Å². The zero-order valence-corrected chi connectivity index (χ0v) is 15.8. The van der Waals surface area contributed by atoms with E-state index in [-0.39, 0.29) is 5.92 Å². The van der Waals surface area contributed by atoms with E-state index in [1.165, 1.54) is 12.0 Å². The highest BCUT2D eigenvalue weighted by atomic mass is 35.5. The summed E-state index contributed by atoms with van der Waals surface area (Å²) in [5, 5.41) is 1.21. The summed E-state index contributed by atoms with van der Waals surface area (Å²) in [5.41, 5.74) is 1.18. The summed E-state index contributed by atoms with van der Waals surface area (Å²) in [6, 6.07) is 5.82. The van der Waals surface area contributed by atoms with Gasteiger partial charge in [0.05, 0.1) is 10.0 Å². The van der Waals surface area contributed by atoms with Crippen LogP contribution in [0.1, 0.15) is 38.2 Å². The Balaban J connectivity index is 1.50. The molecule has 0 N–H and O–H groups in total. The maximum atomic E-state index is 12.7. The Morgan fingerprint density at radius 2 is 1.88 bits per heavy atom. The second-order valence-corrected chi connectivity index (χ2v) is 8.14. The predicted molar refractivity (Wildman–Crippen MR) is 99.4 cm³/mol. The van der Waals surface area contributed by atoms with Crippen LogP contribution in [0, 0.1) is 11.8 Å². The minimum atomic E-state index is 0.209. The number of amides is 1. The SMILES string of the molecule is C[C@H]1CCCN(C(=O)C2CCN(Cc3ccc(Cl)c(Cl)c3)CC2)C1. The van der Waals surface area contributed by atoms with Crippen LogP contribution in [0.2, 0.25) is 10.0 Å². The van der Waals surface area contributed by atoms with Gasteiger partial charge < -0.3 is 4.90 Å². The van der Waals surface area contributed by atoms with Crippen LogP contribution < -0.4 is 0 Å². The molecule has 0 saturated carbocycles. The molecule has 0 spiro atoms. The van der Waals surface area contributed by atoms with Crippen molar-refractivity contribution in [3.05, 3.63) is 33.8 Å². The molecule has 5 heteroatoms. The molecule has 24 heavy (non-hydrogen) atoms. The molecule has 2 aliphatic rings. The number of benzene rings is 1. The van der Waals surface area contributed by atoms with Crippen molar-refractivity contribution in [1.29, 1.82) is 0 Å². The molecule has 3 rings (SSSR count). The second kappa shape index (κ2) is 8.07. The third-order valence-electron chi connectivity index (χ3n) is 5.30. The van der Waals surface area contributed by atoms with E-state index in [1.807, 2.05) is 18.2 Å². The Morgan fingerprint density at radius 1 is 1.12 bits per heavy atom. The molecular formula is C19H26Cl2N2O. The summed E-state index contributed by atoms with van der Waals surface area (Å²) in [6.07, 6.45) is 4.34. The van der Waals surface area contributed by atoms with Gasteiger partial charge in [0, 0.05) is 25.6 Å². The Morgan fingerprint density at radius 3 is 2.54 bits per heavy atom. The molecule has 1 aromatic rings. The zero-order chi connectivity index (χ0) is 17.1. The number of rotatable bonds is 3. The lowest BCUT2D eigenvalue weighted by atomic mass is 9.92. The minimum Gasteiger partial charge on any atom is -0.342 e. The van der Waals surface area contributed by atoms with Gasteiger partial charge in [0.25, 0.3) is 0 Å². The normalized spacial score (nSPS) is 23.5. The van der Waals surface area contributed by atoms with E-state index in [1.54, 1.807) is 0 Å². The van der Waals surface area contributed by atoms with E-state index < -0.39 is 0 Å². The molecule has 0 bridgehead atoms. The van der Waals surface area contributed by atoms with E-state index >= 15 is 0 Å². The predicted octanol–water partition coefficient (Wildman–Crippen LogP) is 4.46. The third-order valence-corrected chi connectivity index (χ3v) is 6.03. The molecule has 1 aromatic carbocycles. The van der Waals surface area contributed by atoms with Crippen LogP contribution in [-0.2, 0) is 11.3 Å². The van der Waals surface area contributed by atoms with Gasteiger partial charge in [0.1, 0.15) is 0 Å². The van der Waals surface area contributed by atoms with E-state index in [9.17, 15) is 4.79 Å². The number of carbonyl (C=O) groups is 1. The number of piperidine rings is 2. The van der Waals surface area contributed by atoms with Crippen LogP contribution in [0.5, 0.6) is 0 Å². The number of hydrogen-bond acceptors (Lipinski definition) is 2. The Bertz CT molecular complexity index is 585.